The Morgan fingerprint density at radius 2 is 2.12 bits per heavy atom. The molecular weight excluding hydrogens is 324 g/mol. The van der Waals surface area contributed by atoms with Gasteiger partial charge in [0.25, 0.3) is 0 Å². The van der Waals surface area contributed by atoms with Gasteiger partial charge in [0, 0.05) is 43.2 Å². The number of aromatic amines is 1. The van der Waals surface area contributed by atoms with Gasteiger partial charge in [-0.25, -0.2) is 0 Å². The molecule has 4 heteroatoms. The number of ether oxygens (including phenoxy) is 2. The molecule has 1 unspecified atom stereocenters. The van der Waals surface area contributed by atoms with Crippen LogP contribution in [0.2, 0.25) is 0 Å². The Morgan fingerprint density at radius 1 is 1.19 bits per heavy atom. The molecule has 0 bridgehead atoms. The third-order valence-corrected chi connectivity index (χ3v) is 5.19. The zero-order chi connectivity index (χ0) is 17.8. The summed E-state index contributed by atoms with van der Waals surface area (Å²) in [4.78, 5) is 5.90. The van der Waals surface area contributed by atoms with E-state index in [1.54, 1.807) is 7.11 Å². The van der Waals surface area contributed by atoms with E-state index in [0.29, 0.717) is 0 Å². The summed E-state index contributed by atoms with van der Waals surface area (Å²) < 4.78 is 11.3. The van der Waals surface area contributed by atoms with Gasteiger partial charge in [0.2, 0.25) is 0 Å². The highest BCUT2D eigenvalue weighted by atomic mass is 16.5. The van der Waals surface area contributed by atoms with Crippen molar-refractivity contribution in [2.45, 2.75) is 18.9 Å². The van der Waals surface area contributed by atoms with Gasteiger partial charge in [-0.3, -0.25) is 4.90 Å². The van der Waals surface area contributed by atoms with Crippen LogP contribution < -0.4 is 4.74 Å². The molecule has 136 valence electrons. The Bertz CT molecular complexity index is 858. The van der Waals surface area contributed by atoms with Crippen LogP contribution >= 0.6 is 0 Å². The molecule has 3 aromatic rings. The molecule has 1 saturated heterocycles. The van der Waals surface area contributed by atoms with E-state index >= 15 is 0 Å². The minimum atomic E-state index is 0.249. The van der Waals surface area contributed by atoms with Crippen molar-refractivity contribution in [1.29, 1.82) is 0 Å². The maximum atomic E-state index is 6.00. The van der Waals surface area contributed by atoms with Crippen LogP contribution in [0.25, 0.3) is 10.9 Å². The maximum absolute atomic E-state index is 6.00. The minimum absolute atomic E-state index is 0.249. The van der Waals surface area contributed by atoms with E-state index in [4.69, 9.17) is 9.47 Å². The molecule has 1 aliphatic rings. The van der Waals surface area contributed by atoms with Crippen molar-refractivity contribution in [3.05, 3.63) is 65.9 Å². The van der Waals surface area contributed by atoms with E-state index in [0.717, 1.165) is 44.8 Å². The normalized spacial score (nSPS) is 18.3. The Kier molecular flexibility index (Phi) is 5.23. The van der Waals surface area contributed by atoms with Crippen molar-refractivity contribution in [2.75, 3.05) is 33.4 Å². The van der Waals surface area contributed by atoms with E-state index in [1.165, 1.54) is 22.0 Å². The van der Waals surface area contributed by atoms with Gasteiger partial charge < -0.3 is 14.5 Å². The molecule has 0 spiro atoms. The van der Waals surface area contributed by atoms with Crippen molar-refractivity contribution >= 4 is 10.9 Å². The fourth-order valence-electron chi connectivity index (χ4n) is 3.79. The first kappa shape index (κ1) is 17.1. The van der Waals surface area contributed by atoms with Gasteiger partial charge in [-0.15, -0.1) is 0 Å². The number of methoxy groups -OCH3 is 1. The molecule has 2 aromatic carbocycles. The van der Waals surface area contributed by atoms with Gasteiger partial charge in [-0.2, -0.15) is 0 Å². The summed E-state index contributed by atoms with van der Waals surface area (Å²) in [5.41, 5.74) is 3.89. The van der Waals surface area contributed by atoms with E-state index in [1.807, 2.05) is 12.1 Å². The molecule has 0 amide bonds. The van der Waals surface area contributed by atoms with Crippen molar-refractivity contribution in [3.63, 3.8) is 0 Å². The molecule has 4 rings (SSSR count). The largest absolute Gasteiger partial charge is 0.497 e. The van der Waals surface area contributed by atoms with Gasteiger partial charge in [0.05, 0.1) is 19.8 Å². The van der Waals surface area contributed by atoms with Gasteiger partial charge in [0.1, 0.15) is 5.75 Å². The Morgan fingerprint density at radius 3 is 3.04 bits per heavy atom. The summed E-state index contributed by atoms with van der Waals surface area (Å²) in [5, 5.41) is 1.34. The average Bonchev–Trinajstić information content (AvgIpc) is 3.10. The van der Waals surface area contributed by atoms with Gasteiger partial charge in [0.15, 0.2) is 0 Å². The number of nitrogens with one attached hydrogen (secondary N) is 1. The standard InChI is InChI=1S/C22H26N2O2/c1-25-19-6-4-5-17(13-19)14-20-16-24(11-12-26-20)10-9-18-15-23-22-8-3-2-7-21(18)22/h2-8,13,15,20,23H,9-12,14,16H2,1H3. The lowest BCUT2D eigenvalue weighted by Gasteiger charge is -2.33. The highest BCUT2D eigenvalue weighted by molar-refractivity contribution is 5.83. The number of hydrogen-bond donors (Lipinski definition) is 1. The number of hydrogen-bond acceptors (Lipinski definition) is 3. The summed E-state index contributed by atoms with van der Waals surface area (Å²) in [7, 11) is 1.71. The van der Waals surface area contributed by atoms with Crippen LogP contribution in [0.4, 0.5) is 0 Å². The molecule has 0 saturated carbocycles. The van der Waals surface area contributed by atoms with Gasteiger partial charge in [-0.1, -0.05) is 30.3 Å². The molecule has 1 N–H and O–H groups in total. The predicted molar refractivity (Wildman–Crippen MR) is 105 cm³/mol. The van der Waals surface area contributed by atoms with Crippen LogP contribution in [0.15, 0.2) is 54.7 Å². The zero-order valence-corrected chi connectivity index (χ0v) is 15.3. The lowest BCUT2D eigenvalue weighted by atomic mass is 10.1. The molecular formula is C22H26N2O2. The van der Waals surface area contributed by atoms with Crippen LogP contribution in [0, 0.1) is 0 Å². The first-order valence-electron chi connectivity index (χ1n) is 9.34. The van der Waals surface area contributed by atoms with E-state index in [-0.39, 0.29) is 6.10 Å². The van der Waals surface area contributed by atoms with Crippen molar-refractivity contribution in [3.8, 4) is 5.75 Å². The van der Waals surface area contributed by atoms with Crippen molar-refractivity contribution < 1.29 is 9.47 Å². The third kappa shape index (κ3) is 3.92. The van der Waals surface area contributed by atoms with Crippen molar-refractivity contribution in [1.82, 2.24) is 9.88 Å². The second-order valence-corrected chi connectivity index (χ2v) is 6.96. The summed E-state index contributed by atoms with van der Waals surface area (Å²) in [6, 6.07) is 16.8. The molecule has 1 fully saturated rings. The van der Waals surface area contributed by atoms with Crippen LogP contribution in [0.1, 0.15) is 11.1 Å². The van der Waals surface area contributed by atoms with Crippen LogP contribution in [-0.2, 0) is 17.6 Å². The SMILES string of the molecule is COc1cccc(CC2CN(CCc3c[nH]c4ccccc34)CCO2)c1. The first-order valence-corrected chi connectivity index (χ1v) is 9.34. The van der Waals surface area contributed by atoms with Crippen LogP contribution in [0.3, 0.4) is 0 Å². The highest BCUT2D eigenvalue weighted by Gasteiger charge is 2.21. The summed E-state index contributed by atoms with van der Waals surface area (Å²) in [6.07, 6.45) is 4.40. The third-order valence-electron chi connectivity index (χ3n) is 5.19. The fraction of sp³-hybridized carbons (Fsp3) is 0.364. The molecule has 1 aromatic heterocycles. The maximum Gasteiger partial charge on any atom is 0.119 e. The number of fused-ring (bicyclic) bond motifs is 1. The quantitative estimate of drug-likeness (QED) is 0.737. The Labute approximate surface area is 154 Å². The van der Waals surface area contributed by atoms with Gasteiger partial charge >= 0.3 is 0 Å². The number of para-hydroxylation sites is 1. The monoisotopic (exact) mass is 350 g/mol. The summed E-state index contributed by atoms with van der Waals surface area (Å²) >= 11 is 0. The highest BCUT2D eigenvalue weighted by Crippen LogP contribution is 2.20. The summed E-state index contributed by atoms with van der Waals surface area (Å²) in [6.45, 7) is 3.87. The molecule has 1 atom stereocenters. The molecule has 2 heterocycles. The van der Waals surface area contributed by atoms with E-state index < -0.39 is 0 Å². The smallest absolute Gasteiger partial charge is 0.119 e. The fourth-order valence-corrected chi connectivity index (χ4v) is 3.79. The number of H-pyrrole nitrogens is 1. The van der Waals surface area contributed by atoms with Crippen LogP contribution in [-0.4, -0.2) is 49.3 Å². The van der Waals surface area contributed by atoms with E-state index in [2.05, 4.69) is 52.5 Å². The second kappa shape index (κ2) is 7.94. The number of morpholine rings is 1. The second-order valence-electron chi connectivity index (χ2n) is 6.96. The zero-order valence-electron chi connectivity index (χ0n) is 15.3. The topological polar surface area (TPSA) is 37.5 Å². The average molecular weight is 350 g/mol. The summed E-state index contributed by atoms with van der Waals surface area (Å²) in [5.74, 6) is 0.912. The molecule has 4 nitrogen and oxygen atoms in total. The lowest BCUT2D eigenvalue weighted by molar-refractivity contribution is -0.0271. The van der Waals surface area contributed by atoms with Crippen molar-refractivity contribution in [2.24, 2.45) is 0 Å². The molecule has 26 heavy (non-hydrogen) atoms. The number of aromatic nitrogens is 1. The minimum Gasteiger partial charge on any atom is -0.497 e. The van der Waals surface area contributed by atoms with Gasteiger partial charge in [-0.05, 0) is 35.7 Å². The number of nitrogens with zero attached hydrogens (tertiary/aromatic N) is 1. The first-order chi connectivity index (χ1) is 12.8. The number of rotatable bonds is 6. The molecule has 0 aliphatic carbocycles. The predicted octanol–water partition coefficient (Wildman–Crippen LogP) is 3.66. The number of benzene rings is 2. The Hall–Kier alpha value is -2.30. The lowest BCUT2D eigenvalue weighted by Crippen LogP contribution is -2.44. The molecule has 0 radical (unpaired) electrons. The van der Waals surface area contributed by atoms with E-state index in [9.17, 15) is 0 Å². The molecule has 1 aliphatic heterocycles. The Balaban J connectivity index is 1.34. The van der Waals surface area contributed by atoms with Crippen LogP contribution in [0.5, 0.6) is 5.75 Å².